The lowest BCUT2D eigenvalue weighted by Gasteiger charge is -2.37. The summed E-state index contributed by atoms with van der Waals surface area (Å²) in [5.74, 6) is -1.06. The number of nitrogens with zero attached hydrogens (tertiary/aromatic N) is 1. The van der Waals surface area contributed by atoms with Gasteiger partial charge in [-0.2, -0.15) is 0 Å². The molecule has 128 valence electrons. The molecule has 2 rings (SSSR count). The van der Waals surface area contributed by atoms with Crippen LogP contribution in [-0.4, -0.2) is 24.4 Å². The molecule has 1 saturated carbocycles. The molecule has 5 heteroatoms. The fourth-order valence-electron chi connectivity index (χ4n) is 3.46. The number of halogens is 2. The summed E-state index contributed by atoms with van der Waals surface area (Å²) in [6.45, 7) is 2.21. The van der Waals surface area contributed by atoms with Crippen LogP contribution in [0.5, 0.6) is 0 Å². The zero-order valence-electron chi connectivity index (χ0n) is 13.9. The van der Waals surface area contributed by atoms with Crippen molar-refractivity contribution >= 4 is 5.91 Å². The maximum atomic E-state index is 13.9. The lowest BCUT2D eigenvalue weighted by Crippen LogP contribution is -2.40. The number of rotatable bonds is 5. The van der Waals surface area contributed by atoms with Crippen LogP contribution in [0.15, 0.2) is 18.2 Å². The van der Waals surface area contributed by atoms with E-state index >= 15 is 0 Å². The van der Waals surface area contributed by atoms with Crippen LogP contribution < -0.4 is 5.73 Å². The second-order valence-corrected chi connectivity index (χ2v) is 6.79. The lowest BCUT2D eigenvalue weighted by atomic mass is 9.71. The highest BCUT2D eigenvalue weighted by Crippen LogP contribution is 2.39. The van der Waals surface area contributed by atoms with E-state index in [-0.39, 0.29) is 16.9 Å². The minimum Gasteiger partial charge on any atom is -0.339 e. The van der Waals surface area contributed by atoms with Gasteiger partial charge in [0.15, 0.2) is 0 Å². The highest BCUT2D eigenvalue weighted by Gasteiger charge is 2.35. The van der Waals surface area contributed by atoms with Crippen molar-refractivity contribution in [3.05, 3.63) is 35.4 Å². The molecule has 3 nitrogen and oxygen atoms in total. The summed E-state index contributed by atoms with van der Waals surface area (Å²) in [5, 5.41) is 0. The molecule has 1 aliphatic rings. The molecule has 1 unspecified atom stereocenters. The fraction of sp³-hybridized carbons (Fsp3) is 0.611. The topological polar surface area (TPSA) is 46.3 Å². The largest absolute Gasteiger partial charge is 0.339 e. The van der Waals surface area contributed by atoms with Crippen LogP contribution in [0.25, 0.3) is 0 Å². The van der Waals surface area contributed by atoms with Crippen molar-refractivity contribution in [3.63, 3.8) is 0 Å². The number of amides is 1. The van der Waals surface area contributed by atoms with Gasteiger partial charge in [-0.15, -0.1) is 0 Å². The highest BCUT2D eigenvalue weighted by molar-refractivity contribution is 5.77. The Kier molecular flexibility index (Phi) is 5.74. The van der Waals surface area contributed by atoms with E-state index in [2.05, 4.69) is 0 Å². The maximum Gasteiger partial charge on any atom is 0.223 e. The molecule has 0 aliphatic heterocycles. The molecule has 1 atom stereocenters. The minimum absolute atomic E-state index is 0.0616. The van der Waals surface area contributed by atoms with E-state index in [0.29, 0.717) is 13.0 Å². The highest BCUT2D eigenvalue weighted by atomic mass is 19.1. The third kappa shape index (κ3) is 4.08. The molecule has 0 spiro atoms. The van der Waals surface area contributed by atoms with Crippen molar-refractivity contribution < 1.29 is 13.6 Å². The Morgan fingerprint density at radius 3 is 2.57 bits per heavy atom. The zero-order valence-corrected chi connectivity index (χ0v) is 13.9. The van der Waals surface area contributed by atoms with E-state index in [1.165, 1.54) is 11.3 Å². The molecule has 1 aromatic carbocycles. The van der Waals surface area contributed by atoms with Crippen molar-refractivity contribution in [2.24, 2.45) is 11.1 Å². The van der Waals surface area contributed by atoms with Crippen LogP contribution in [0, 0.1) is 17.0 Å². The Morgan fingerprint density at radius 2 is 1.96 bits per heavy atom. The lowest BCUT2D eigenvalue weighted by molar-refractivity contribution is -0.134. The summed E-state index contributed by atoms with van der Waals surface area (Å²) in [5.41, 5.74) is 6.00. The van der Waals surface area contributed by atoms with Crippen LogP contribution in [0.4, 0.5) is 8.78 Å². The monoisotopic (exact) mass is 324 g/mol. The van der Waals surface area contributed by atoms with Crippen molar-refractivity contribution in [1.82, 2.24) is 4.90 Å². The number of benzene rings is 1. The van der Waals surface area contributed by atoms with Gasteiger partial charge in [0.1, 0.15) is 11.6 Å². The summed E-state index contributed by atoms with van der Waals surface area (Å²) in [4.78, 5) is 14.1. The number of hydrogen-bond donors (Lipinski definition) is 1. The molecule has 1 aliphatic carbocycles. The Bertz CT molecular complexity index is 556. The standard InChI is InChI=1S/C18H26F2N2O/c1-13(15-10-14(19)6-7-16(15)20)22(2)17(23)11-18(12-21)8-4-3-5-9-18/h6-7,10,13H,3-5,8-9,11-12,21H2,1-2H3. The number of carbonyl (C=O) groups excluding carboxylic acids is 1. The normalized spacial score (nSPS) is 18.5. The van der Waals surface area contributed by atoms with Gasteiger partial charge in [-0.05, 0) is 49.9 Å². The molecule has 0 bridgehead atoms. The first-order valence-electron chi connectivity index (χ1n) is 8.29. The molecule has 1 aromatic rings. The zero-order chi connectivity index (χ0) is 17.0. The van der Waals surface area contributed by atoms with E-state index in [0.717, 1.165) is 43.9 Å². The third-order valence-electron chi connectivity index (χ3n) is 5.26. The summed E-state index contributed by atoms with van der Waals surface area (Å²) in [7, 11) is 1.64. The Balaban J connectivity index is 2.10. The predicted molar refractivity (Wildman–Crippen MR) is 86.7 cm³/mol. The average molecular weight is 324 g/mol. The molecule has 2 N–H and O–H groups in total. The van der Waals surface area contributed by atoms with E-state index in [9.17, 15) is 13.6 Å². The number of carbonyl (C=O) groups is 1. The fourth-order valence-corrected chi connectivity index (χ4v) is 3.46. The molecule has 1 amide bonds. The van der Waals surface area contributed by atoms with E-state index in [1.54, 1.807) is 14.0 Å². The molecule has 0 saturated heterocycles. The van der Waals surface area contributed by atoms with Gasteiger partial charge in [-0.1, -0.05) is 19.3 Å². The Labute approximate surface area is 136 Å². The van der Waals surface area contributed by atoms with Crippen molar-refractivity contribution in [2.45, 2.75) is 51.5 Å². The van der Waals surface area contributed by atoms with E-state index in [4.69, 9.17) is 5.73 Å². The first-order valence-corrected chi connectivity index (χ1v) is 8.29. The number of hydrogen-bond acceptors (Lipinski definition) is 2. The van der Waals surface area contributed by atoms with Crippen molar-refractivity contribution in [3.8, 4) is 0 Å². The summed E-state index contributed by atoms with van der Waals surface area (Å²) < 4.78 is 27.3. The predicted octanol–water partition coefficient (Wildman–Crippen LogP) is 3.78. The molecular weight excluding hydrogens is 298 g/mol. The van der Waals surface area contributed by atoms with Crippen LogP contribution in [0.1, 0.15) is 57.1 Å². The van der Waals surface area contributed by atoms with Crippen LogP contribution in [-0.2, 0) is 4.79 Å². The first kappa shape index (κ1) is 17.9. The third-order valence-corrected chi connectivity index (χ3v) is 5.26. The van der Waals surface area contributed by atoms with E-state index in [1.807, 2.05) is 0 Å². The summed E-state index contributed by atoms with van der Waals surface area (Å²) in [6, 6.07) is 2.82. The summed E-state index contributed by atoms with van der Waals surface area (Å²) >= 11 is 0. The first-order chi connectivity index (χ1) is 10.9. The smallest absolute Gasteiger partial charge is 0.223 e. The van der Waals surface area contributed by atoms with Gasteiger partial charge >= 0.3 is 0 Å². The van der Waals surface area contributed by atoms with Gasteiger partial charge in [0.2, 0.25) is 5.91 Å². The van der Waals surface area contributed by atoms with Gasteiger partial charge in [-0.25, -0.2) is 8.78 Å². The molecule has 23 heavy (non-hydrogen) atoms. The SMILES string of the molecule is CC(c1cc(F)ccc1F)N(C)C(=O)CC1(CN)CCCCC1. The molecule has 0 heterocycles. The minimum atomic E-state index is -0.517. The number of nitrogens with two attached hydrogens (primary N) is 1. The second-order valence-electron chi connectivity index (χ2n) is 6.79. The molecule has 0 radical (unpaired) electrons. The van der Waals surface area contributed by atoms with Crippen LogP contribution in [0.2, 0.25) is 0 Å². The van der Waals surface area contributed by atoms with E-state index < -0.39 is 17.7 Å². The molecular formula is C18H26F2N2O. The summed E-state index contributed by atoms with van der Waals surface area (Å²) in [6.07, 6.45) is 5.69. The van der Waals surface area contributed by atoms with Gasteiger partial charge in [0.05, 0.1) is 6.04 Å². The van der Waals surface area contributed by atoms with Crippen molar-refractivity contribution in [1.29, 1.82) is 0 Å². The second kappa shape index (κ2) is 7.39. The molecule has 1 fully saturated rings. The van der Waals surface area contributed by atoms with Gasteiger partial charge in [0.25, 0.3) is 0 Å². The van der Waals surface area contributed by atoms with Crippen molar-refractivity contribution in [2.75, 3.05) is 13.6 Å². The van der Waals surface area contributed by atoms with Gasteiger partial charge < -0.3 is 10.6 Å². The van der Waals surface area contributed by atoms with Crippen LogP contribution >= 0.6 is 0 Å². The average Bonchev–Trinajstić information content (AvgIpc) is 2.56. The van der Waals surface area contributed by atoms with Crippen LogP contribution in [0.3, 0.4) is 0 Å². The van der Waals surface area contributed by atoms with Gasteiger partial charge in [-0.3, -0.25) is 4.79 Å². The maximum absolute atomic E-state index is 13.9. The Hall–Kier alpha value is -1.49. The van der Waals surface area contributed by atoms with Gasteiger partial charge in [0, 0.05) is 19.0 Å². The Morgan fingerprint density at radius 1 is 1.30 bits per heavy atom. The quantitative estimate of drug-likeness (QED) is 0.896. The molecule has 0 aromatic heterocycles.